The Bertz CT molecular complexity index is 502. The van der Waals surface area contributed by atoms with Crippen molar-refractivity contribution in [2.75, 3.05) is 7.05 Å². The molecular weight excluding hydrogens is 216 g/mol. The third-order valence-corrected chi connectivity index (χ3v) is 2.42. The molecule has 1 amide bonds. The second-order valence-electron chi connectivity index (χ2n) is 3.75. The topological polar surface area (TPSA) is 73.1 Å². The van der Waals surface area contributed by atoms with Crippen LogP contribution in [0, 0.1) is 25.2 Å². The van der Waals surface area contributed by atoms with E-state index in [0.717, 1.165) is 5.56 Å². The van der Waals surface area contributed by atoms with Crippen molar-refractivity contribution >= 4 is 12.0 Å². The van der Waals surface area contributed by atoms with Crippen molar-refractivity contribution in [2.24, 2.45) is 0 Å². The molecule has 0 aliphatic rings. The van der Waals surface area contributed by atoms with Crippen LogP contribution in [0.1, 0.15) is 16.7 Å². The zero-order valence-corrected chi connectivity index (χ0v) is 10.0. The summed E-state index contributed by atoms with van der Waals surface area (Å²) in [7, 11) is 1.47. The quantitative estimate of drug-likeness (QED) is 0.599. The Labute approximate surface area is 100 Å². The largest absolute Gasteiger partial charge is 0.507 e. The van der Waals surface area contributed by atoms with Gasteiger partial charge in [0, 0.05) is 7.05 Å². The number of carbonyl (C=O) groups is 1. The molecule has 0 unspecified atom stereocenters. The number of hydrogen-bond donors (Lipinski definition) is 2. The lowest BCUT2D eigenvalue weighted by atomic mass is 10.0. The summed E-state index contributed by atoms with van der Waals surface area (Å²) in [4.78, 5) is 11.3. The number of phenolic OH excluding ortho intramolecular Hbond substituents is 1. The summed E-state index contributed by atoms with van der Waals surface area (Å²) < 4.78 is 0. The highest BCUT2D eigenvalue weighted by atomic mass is 16.3. The highest BCUT2D eigenvalue weighted by Crippen LogP contribution is 2.24. The summed E-state index contributed by atoms with van der Waals surface area (Å²) in [5.74, 6) is -0.184. The van der Waals surface area contributed by atoms with Gasteiger partial charge >= 0.3 is 0 Å². The smallest absolute Gasteiger partial charge is 0.261 e. The first-order valence-corrected chi connectivity index (χ1v) is 5.13. The molecule has 1 rings (SSSR count). The Kier molecular flexibility index (Phi) is 3.89. The SMILES string of the molecule is CNC(=O)C(C#N)=Cc1cc(C)c(O)c(C)c1. The molecule has 0 heterocycles. The fraction of sp³-hybridized carbons (Fsp3) is 0.231. The monoisotopic (exact) mass is 230 g/mol. The Balaban J connectivity index is 3.23. The molecule has 0 spiro atoms. The summed E-state index contributed by atoms with van der Waals surface area (Å²) in [5.41, 5.74) is 2.19. The number of rotatable bonds is 2. The van der Waals surface area contributed by atoms with Crippen molar-refractivity contribution in [1.82, 2.24) is 5.32 Å². The Hall–Kier alpha value is -2.28. The normalized spacial score (nSPS) is 10.8. The van der Waals surface area contributed by atoms with Gasteiger partial charge in [-0.1, -0.05) is 0 Å². The molecule has 0 radical (unpaired) electrons. The zero-order chi connectivity index (χ0) is 13.0. The van der Waals surface area contributed by atoms with Crippen molar-refractivity contribution in [3.63, 3.8) is 0 Å². The average molecular weight is 230 g/mol. The molecule has 4 nitrogen and oxygen atoms in total. The van der Waals surface area contributed by atoms with Gasteiger partial charge < -0.3 is 10.4 Å². The molecular formula is C13H14N2O2. The van der Waals surface area contributed by atoms with Gasteiger partial charge in [-0.25, -0.2) is 0 Å². The fourth-order valence-electron chi connectivity index (χ4n) is 1.52. The van der Waals surface area contributed by atoms with Crippen molar-refractivity contribution in [3.05, 3.63) is 34.4 Å². The number of carbonyl (C=O) groups excluding carboxylic acids is 1. The maximum atomic E-state index is 11.3. The number of nitriles is 1. The number of aromatic hydroxyl groups is 1. The van der Waals surface area contributed by atoms with E-state index in [1.54, 1.807) is 26.0 Å². The van der Waals surface area contributed by atoms with Crippen LogP contribution >= 0.6 is 0 Å². The summed E-state index contributed by atoms with van der Waals surface area (Å²) >= 11 is 0. The molecule has 0 aromatic heterocycles. The molecule has 0 atom stereocenters. The van der Waals surface area contributed by atoms with Crippen LogP contribution < -0.4 is 5.32 Å². The van der Waals surface area contributed by atoms with Crippen molar-refractivity contribution < 1.29 is 9.90 Å². The van der Waals surface area contributed by atoms with Gasteiger partial charge in [-0.2, -0.15) is 5.26 Å². The van der Waals surface area contributed by atoms with Gasteiger partial charge in [-0.3, -0.25) is 4.79 Å². The molecule has 4 heteroatoms. The first-order chi connectivity index (χ1) is 7.99. The molecule has 2 N–H and O–H groups in total. The first-order valence-electron chi connectivity index (χ1n) is 5.13. The van der Waals surface area contributed by atoms with E-state index >= 15 is 0 Å². The number of nitrogens with zero attached hydrogens (tertiary/aromatic N) is 1. The van der Waals surface area contributed by atoms with Crippen LogP contribution in [0.25, 0.3) is 6.08 Å². The Morgan fingerprint density at radius 2 is 1.94 bits per heavy atom. The predicted octanol–water partition coefficient (Wildman–Crippen LogP) is 1.66. The van der Waals surface area contributed by atoms with E-state index in [4.69, 9.17) is 5.26 Å². The zero-order valence-electron chi connectivity index (χ0n) is 10.0. The maximum absolute atomic E-state index is 11.3. The van der Waals surface area contributed by atoms with Gasteiger partial charge in [-0.15, -0.1) is 0 Å². The molecule has 1 aromatic carbocycles. The molecule has 0 saturated heterocycles. The highest BCUT2D eigenvalue weighted by molar-refractivity contribution is 6.01. The van der Waals surface area contributed by atoms with Crippen LogP contribution in [0.3, 0.4) is 0 Å². The number of benzene rings is 1. The number of hydrogen-bond acceptors (Lipinski definition) is 3. The lowest BCUT2D eigenvalue weighted by molar-refractivity contribution is -0.116. The lowest BCUT2D eigenvalue weighted by Crippen LogP contribution is -2.19. The van der Waals surface area contributed by atoms with Crippen LogP contribution in [0.4, 0.5) is 0 Å². The average Bonchev–Trinajstić information content (AvgIpc) is 2.31. The number of phenols is 1. The molecule has 0 fully saturated rings. The molecule has 1 aromatic rings. The maximum Gasteiger partial charge on any atom is 0.261 e. The Morgan fingerprint density at radius 1 is 1.41 bits per heavy atom. The van der Waals surface area contributed by atoms with Crippen LogP contribution in [0.5, 0.6) is 5.75 Å². The minimum atomic E-state index is -0.420. The Morgan fingerprint density at radius 3 is 2.35 bits per heavy atom. The van der Waals surface area contributed by atoms with Crippen molar-refractivity contribution in [1.29, 1.82) is 5.26 Å². The summed E-state index contributed by atoms with van der Waals surface area (Å²) in [6.45, 7) is 3.54. The molecule has 0 bridgehead atoms. The van der Waals surface area contributed by atoms with Crippen LogP contribution in [0.2, 0.25) is 0 Å². The number of nitrogens with one attached hydrogen (secondary N) is 1. The minimum Gasteiger partial charge on any atom is -0.507 e. The van der Waals surface area contributed by atoms with E-state index in [9.17, 15) is 9.90 Å². The van der Waals surface area contributed by atoms with Crippen LogP contribution in [-0.4, -0.2) is 18.1 Å². The van der Waals surface area contributed by atoms with E-state index < -0.39 is 5.91 Å². The van der Waals surface area contributed by atoms with Gasteiger partial charge in [-0.05, 0) is 48.7 Å². The van der Waals surface area contributed by atoms with Gasteiger partial charge in [0.1, 0.15) is 17.4 Å². The second kappa shape index (κ2) is 5.17. The number of aryl methyl sites for hydroxylation is 2. The lowest BCUT2D eigenvalue weighted by Gasteiger charge is -2.05. The van der Waals surface area contributed by atoms with Crippen molar-refractivity contribution in [2.45, 2.75) is 13.8 Å². The second-order valence-corrected chi connectivity index (χ2v) is 3.75. The predicted molar refractivity (Wildman–Crippen MR) is 65.2 cm³/mol. The van der Waals surface area contributed by atoms with E-state index in [1.165, 1.54) is 13.1 Å². The summed E-state index contributed by atoms with van der Waals surface area (Å²) in [6, 6.07) is 5.29. The third kappa shape index (κ3) is 2.85. The van der Waals surface area contributed by atoms with E-state index in [1.807, 2.05) is 6.07 Å². The molecule has 0 aliphatic heterocycles. The number of likely N-dealkylation sites (N-methyl/N-ethyl adjacent to an activating group) is 1. The summed E-state index contributed by atoms with van der Waals surface area (Å²) in [5, 5.41) is 20.9. The van der Waals surface area contributed by atoms with Gasteiger partial charge in [0.25, 0.3) is 5.91 Å². The minimum absolute atomic E-state index is 0.0389. The summed E-state index contributed by atoms with van der Waals surface area (Å²) in [6.07, 6.45) is 1.50. The number of amides is 1. The van der Waals surface area contributed by atoms with Gasteiger partial charge in [0.15, 0.2) is 0 Å². The van der Waals surface area contributed by atoms with Crippen LogP contribution in [0.15, 0.2) is 17.7 Å². The fourth-order valence-corrected chi connectivity index (χ4v) is 1.52. The van der Waals surface area contributed by atoms with Gasteiger partial charge in [0.2, 0.25) is 0 Å². The first kappa shape index (κ1) is 12.8. The van der Waals surface area contributed by atoms with E-state index in [0.29, 0.717) is 11.1 Å². The standard InChI is InChI=1S/C13H14N2O2/c1-8-4-10(5-9(2)12(8)16)6-11(7-14)13(17)15-3/h4-6,16H,1-3H3,(H,15,17). The molecule has 88 valence electrons. The highest BCUT2D eigenvalue weighted by Gasteiger charge is 2.07. The van der Waals surface area contributed by atoms with E-state index in [-0.39, 0.29) is 11.3 Å². The molecule has 17 heavy (non-hydrogen) atoms. The third-order valence-electron chi connectivity index (χ3n) is 2.42. The molecule has 0 aliphatic carbocycles. The van der Waals surface area contributed by atoms with Gasteiger partial charge in [0.05, 0.1) is 0 Å². The van der Waals surface area contributed by atoms with E-state index in [2.05, 4.69) is 5.32 Å². The van der Waals surface area contributed by atoms with Crippen LogP contribution in [-0.2, 0) is 4.79 Å². The molecule has 0 saturated carbocycles. The van der Waals surface area contributed by atoms with Crippen molar-refractivity contribution in [3.8, 4) is 11.8 Å².